The number of rotatable bonds is 4. The van der Waals surface area contributed by atoms with Gasteiger partial charge in [0, 0.05) is 32.3 Å². The summed E-state index contributed by atoms with van der Waals surface area (Å²) in [6.07, 6.45) is 0.447. The lowest BCUT2D eigenvalue weighted by Crippen LogP contribution is -2.54. The number of nitrogens with two attached hydrogens (primary N) is 1. The summed E-state index contributed by atoms with van der Waals surface area (Å²) in [4.78, 5) is 2.36. The van der Waals surface area contributed by atoms with Gasteiger partial charge in [-0.3, -0.25) is 4.90 Å². The molecule has 4 nitrogen and oxygen atoms in total. The fourth-order valence-electron chi connectivity index (χ4n) is 2.12. The average molecular weight is 253 g/mol. The van der Waals surface area contributed by atoms with E-state index in [4.69, 9.17) is 15.2 Å². The predicted molar refractivity (Wildman–Crippen MR) is 68.2 cm³/mol. The van der Waals surface area contributed by atoms with Gasteiger partial charge in [-0.25, -0.2) is 0 Å². The van der Waals surface area contributed by atoms with Crippen LogP contribution in [0.1, 0.15) is 20.8 Å². The number of ether oxygens (including phenoxy) is 2. The van der Waals surface area contributed by atoms with Crippen LogP contribution in [0, 0.1) is 0 Å². The monoisotopic (exact) mass is 252 g/mol. The van der Waals surface area contributed by atoms with Gasteiger partial charge in [0.2, 0.25) is 0 Å². The number of morpholine rings is 1. The second kappa shape index (κ2) is 6.77. The van der Waals surface area contributed by atoms with Gasteiger partial charge >= 0.3 is 0 Å². The van der Waals surface area contributed by atoms with Crippen molar-refractivity contribution < 1.29 is 9.47 Å². The molecule has 1 aliphatic rings. The molecule has 0 aliphatic carbocycles. The van der Waals surface area contributed by atoms with Gasteiger partial charge in [-0.1, -0.05) is 0 Å². The van der Waals surface area contributed by atoms with E-state index < -0.39 is 0 Å². The Bertz CT molecular complexity index is 197. The Balaban J connectivity index is 0.00000225. The van der Waals surface area contributed by atoms with Gasteiger partial charge in [-0.2, -0.15) is 0 Å². The highest BCUT2D eigenvalue weighted by Gasteiger charge is 2.27. The maximum atomic E-state index is 6.02. The van der Waals surface area contributed by atoms with Crippen molar-refractivity contribution in [2.75, 3.05) is 33.4 Å². The zero-order valence-corrected chi connectivity index (χ0v) is 11.5. The number of methoxy groups -OCH3 is 1. The number of hydrogen-bond acceptors (Lipinski definition) is 4. The highest BCUT2D eigenvalue weighted by molar-refractivity contribution is 5.85. The topological polar surface area (TPSA) is 47.7 Å². The van der Waals surface area contributed by atoms with Gasteiger partial charge in [0.05, 0.1) is 18.8 Å². The molecule has 0 bridgehead atoms. The van der Waals surface area contributed by atoms with E-state index in [1.54, 1.807) is 7.11 Å². The zero-order valence-electron chi connectivity index (χ0n) is 10.7. The molecule has 1 fully saturated rings. The predicted octanol–water partition coefficient (Wildman–Crippen LogP) is 0.881. The second-order valence-corrected chi connectivity index (χ2v) is 5.21. The molecule has 0 aromatic rings. The average Bonchev–Trinajstić information content (AvgIpc) is 1.99. The van der Waals surface area contributed by atoms with E-state index in [2.05, 4.69) is 25.7 Å². The van der Waals surface area contributed by atoms with Crippen LogP contribution < -0.4 is 5.73 Å². The minimum atomic E-state index is -0.144. The van der Waals surface area contributed by atoms with Crippen molar-refractivity contribution in [1.29, 1.82) is 0 Å². The number of nitrogens with zero attached hydrogens (tertiary/aromatic N) is 1. The fourth-order valence-corrected chi connectivity index (χ4v) is 2.12. The lowest BCUT2D eigenvalue weighted by Gasteiger charge is -2.39. The standard InChI is InChI=1S/C11H24N2O2.ClH/c1-9-5-13(8-11(2,3)12)6-10(15-9)7-14-4;/h9-10H,5-8,12H2,1-4H3;1H. The first-order valence-corrected chi connectivity index (χ1v) is 5.56. The Morgan fingerprint density at radius 1 is 1.44 bits per heavy atom. The van der Waals surface area contributed by atoms with Crippen LogP contribution >= 0.6 is 12.4 Å². The van der Waals surface area contributed by atoms with Crippen LogP contribution in [-0.4, -0.2) is 56.0 Å². The summed E-state index contributed by atoms with van der Waals surface area (Å²) in [6.45, 7) is 9.64. The molecule has 0 spiro atoms. The van der Waals surface area contributed by atoms with E-state index >= 15 is 0 Å². The number of halogens is 1. The molecule has 1 rings (SSSR count). The third-order valence-electron chi connectivity index (χ3n) is 2.39. The van der Waals surface area contributed by atoms with E-state index in [0.29, 0.717) is 6.61 Å². The lowest BCUT2D eigenvalue weighted by atomic mass is 10.1. The maximum Gasteiger partial charge on any atom is 0.0939 e. The van der Waals surface area contributed by atoms with E-state index in [1.165, 1.54) is 0 Å². The number of hydrogen-bond donors (Lipinski definition) is 1. The SMILES string of the molecule is COCC1CN(CC(C)(C)N)CC(C)O1.Cl. The van der Waals surface area contributed by atoms with Crippen LogP contribution in [0.25, 0.3) is 0 Å². The molecule has 0 saturated carbocycles. The fraction of sp³-hybridized carbons (Fsp3) is 1.00. The Morgan fingerprint density at radius 3 is 2.56 bits per heavy atom. The van der Waals surface area contributed by atoms with Crippen LogP contribution in [0.5, 0.6) is 0 Å². The Morgan fingerprint density at radius 2 is 2.06 bits per heavy atom. The molecule has 0 amide bonds. The summed E-state index contributed by atoms with van der Waals surface area (Å²) in [5, 5.41) is 0. The first kappa shape index (κ1) is 16.1. The lowest BCUT2D eigenvalue weighted by molar-refractivity contribution is -0.103. The van der Waals surface area contributed by atoms with Crippen molar-refractivity contribution in [2.45, 2.75) is 38.5 Å². The van der Waals surface area contributed by atoms with Gasteiger partial charge in [0.15, 0.2) is 0 Å². The van der Waals surface area contributed by atoms with Gasteiger partial charge in [-0.15, -0.1) is 12.4 Å². The molecule has 5 heteroatoms. The highest BCUT2D eigenvalue weighted by atomic mass is 35.5. The third-order valence-corrected chi connectivity index (χ3v) is 2.39. The summed E-state index contributed by atoms with van der Waals surface area (Å²) >= 11 is 0. The summed E-state index contributed by atoms with van der Waals surface area (Å²) in [5.74, 6) is 0. The maximum absolute atomic E-state index is 6.02. The molecule has 16 heavy (non-hydrogen) atoms. The van der Waals surface area contributed by atoms with Gasteiger partial charge in [-0.05, 0) is 20.8 Å². The van der Waals surface area contributed by atoms with Crippen LogP contribution in [0.3, 0.4) is 0 Å². The molecule has 2 N–H and O–H groups in total. The molecule has 1 saturated heterocycles. The van der Waals surface area contributed by atoms with Crippen LogP contribution in [0.2, 0.25) is 0 Å². The molecule has 0 aromatic heterocycles. The van der Waals surface area contributed by atoms with Crippen LogP contribution in [0.15, 0.2) is 0 Å². The van der Waals surface area contributed by atoms with Crippen molar-refractivity contribution in [3.05, 3.63) is 0 Å². The van der Waals surface area contributed by atoms with Crippen molar-refractivity contribution in [1.82, 2.24) is 4.90 Å². The molecule has 1 heterocycles. The summed E-state index contributed by atoms with van der Waals surface area (Å²) < 4.78 is 10.9. The molecular formula is C11H25ClN2O2. The van der Waals surface area contributed by atoms with Crippen molar-refractivity contribution >= 4 is 12.4 Å². The molecule has 98 valence electrons. The van der Waals surface area contributed by atoms with Gasteiger partial charge < -0.3 is 15.2 Å². The molecule has 2 atom stereocenters. The second-order valence-electron chi connectivity index (χ2n) is 5.21. The van der Waals surface area contributed by atoms with Crippen LogP contribution in [0.4, 0.5) is 0 Å². The third kappa shape index (κ3) is 6.01. The van der Waals surface area contributed by atoms with E-state index in [1.807, 2.05) is 0 Å². The molecule has 0 radical (unpaired) electrons. The first-order valence-electron chi connectivity index (χ1n) is 5.56. The van der Waals surface area contributed by atoms with Crippen molar-refractivity contribution in [2.24, 2.45) is 5.73 Å². The summed E-state index contributed by atoms with van der Waals surface area (Å²) in [5.41, 5.74) is 5.87. The zero-order chi connectivity index (χ0) is 11.5. The Kier molecular flexibility index (Phi) is 6.82. The first-order chi connectivity index (χ1) is 6.90. The quantitative estimate of drug-likeness (QED) is 0.807. The van der Waals surface area contributed by atoms with Gasteiger partial charge in [0.25, 0.3) is 0 Å². The summed E-state index contributed by atoms with van der Waals surface area (Å²) in [6, 6.07) is 0. The molecular weight excluding hydrogens is 228 g/mol. The van der Waals surface area contributed by atoms with E-state index in [-0.39, 0.29) is 30.2 Å². The largest absolute Gasteiger partial charge is 0.382 e. The minimum Gasteiger partial charge on any atom is -0.382 e. The highest BCUT2D eigenvalue weighted by Crippen LogP contribution is 2.13. The normalized spacial score (nSPS) is 27.6. The minimum absolute atomic E-state index is 0. The smallest absolute Gasteiger partial charge is 0.0939 e. The van der Waals surface area contributed by atoms with E-state index in [9.17, 15) is 0 Å². The molecule has 2 unspecified atom stereocenters. The Labute approximate surface area is 105 Å². The van der Waals surface area contributed by atoms with Crippen molar-refractivity contribution in [3.63, 3.8) is 0 Å². The molecule has 1 aliphatic heterocycles. The molecule has 0 aromatic carbocycles. The van der Waals surface area contributed by atoms with Gasteiger partial charge in [0.1, 0.15) is 0 Å². The Hall–Kier alpha value is 0.130. The van der Waals surface area contributed by atoms with Crippen LogP contribution in [-0.2, 0) is 9.47 Å². The van der Waals surface area contributed by atoms with Crippen molar-refractivity contribution in [3.8, 4) is 0 Å². The van der Waals surface area contributed by atoms with E-state index in [0.717, 1.165) is 19.6 Å². The summed E-state index contributed by atoms with van der Waals surface area (Å²) in [7, 11) is 1.71.